The Kier molecular flexibility index (Phi) is 7.53. The quantitative estimate of drug-likeness (QED) is 0.376. The molecule has 0 bridgehead atoms. The van der Waals surface area contributed by atoms with E-state index in [0.717, 1.165) is 11.1 Å². The highest BCUT2D eigenvalue weighted by Gasteiger charge is 2.19. The fourth-order valence-electron chi connectivity index (χ4n) is 3.13. The van der Waals surface area contributed by atoms with Crippen molar-refractivity contribution in [1.29, 1.82) is 0 Å². The van der Waals surface area contributed by atoms with E-state index >= 15 is 0 Å². The second kappa shape index (κ2) is 10.7. The molecular formula is C24H23N3O5. The number of nitrogens with zero attached hydrogens (tertiary/aromatic N) is 1. The molecule has 0 spiro atoms. The Labute approximate surface area is 185 Å². The van der Waals surface area contributed by atoms with E-state index in [1.807, 2.05) is 42.5 Å². The van der Waals surface area contributed by atoms with E-state index in [1.54, 1.807) is 18.2 Å². The number of rotatable bonds is 10. The molecule has 3 aromatic carbocycles. The van der Waals surface area contributed by atoms with Crippen molar-refractivity contribution in [3.05, 3.63) is 106 Å². The van der Waals surface area contributed by atoms with Crippen LogP contribution in [0.2, 0.25) is 0 Å². The monoisotopic (exact) mass is 433 g/mol. The Morgan fingerprint density at radius 3 is 2.28 bits per heavy atom. The summed E-state index contributed by atoms with van der Waals surface area (Å²) in [6.45, 7) is 0.442. The van der Waals surface area contributed by atoms with Gasteiger partial charge in [0.1, 0.15) is 18.4 Å². The van der Waals surface area contributed by atoms with Crippen molar-refractivity contribution in [1.82, 2.24) is 5.32 Å². The molecule has 0 aliphatic rings. The summed E-state index contributed by atoms with van der Waals surface area (Å²) in [4.78, 5) is 34.6. The van der Waals surface area contributed by atoms with Gasteiger partial charge in [-0.25, -0.2) is 0 Å². The molecule has 164 valence electrons. The fourth-order valence-corrected chi connectivity index (χ4v) is 3.13. The Morgan fingerprint density at radius 2 is 1.62 bits per heavy atom. The topological polar surface area (TPSA) is 125 Å². The number of hydrogen-bond acceptors (Lipinski definition) is 5. The van der Waals surface area contributed by atoms with Crippen LogP contribution in [-0.2, 0) is 29.0 Å². The van der Waals surface area contributed by atoms with Crippen molar-refractivity contribution in [3.63, 3.8) is 0 Å². The first kappa shape index (κ1) is 22.5. The average molecular weight is 433 g/mol. The van der Waals surface area contributed by atoms with E-state index in [2.05, 4.69) is 5.32 Å². The van der Waals surface area contributed by atoms with E-state index in [9.17, 15) is 19.7 Å². The predicted octanol–water partition coefficient (Wildman–Crippen LogP) is 2.93. The lowest BCUT2D eigenvalue weighted by molar-refractivity contribution is -0.384. The third-order valence-electron chi connectivity index (χ3n) is 4.78. The number of nitrogens with two attached hydrogens (primary N) is 1. The zero-order valence-corrected chi connectivity index (χ0v) is 17.3. The first-order valence-electron chi connectivity index (χ1n) is 9.98. The van der Waals surface area contributed by atoms with Gasteiger partial charge in [0.25, 0.3) is 5.69 Å². The lowest BCUT2D eigenvalue weighted by Gasteiger charge is -2.16. The van der Waals surface area contributed by atoms with E-state index < -0.39 is 22.8 Å². The summed E-state index contributed by atoms with van der Waals surface area (Å²) in [7, 11) is 0. The van der Waals surface area contributed by atoms with Crippen LogP contribution >= 0.6 is 0 Å². The molecule has 1 atom stereocenters. The second-order valence-electron chi connectivity index (χ2n) is 7.25. The maximum Gasteiger partial charge on any atom is 0.269 e. The minimum atomic E-state index is -0.905. The molecule has 2 amide bonds. The number of benzene rings is 3. The molecular weight excluding hydrogens is 410 g/mol. The molecule has 0 heterocycles. The van der Waals surface area contributed by atoms with Crippen LogP contribution in [0.3, 0.4) is 0 Å². The number of nitro benzene ring substituents is 1. The highest BCUT2D eigenvalue weighted by atomic mass is 16.6. The summed E-state index contributed by atoms with van der Waals surface area (Å²) in [5, 5.41) is 13.5. The van der Waals surface area contributed by atoms with Crippen molar-refractivity contribution >= 4 is 17.5 Å². The fraction of sp³-hybridized carbons (Fsp3) is 0.167. The standard InChI is InChI=1S/C24H23N3O5/c25-24(29)22(26-23(28)15-19-7-4-8-20(13-19)27(30)31)14-17-9-11-21(12-10-17)32-16-18-5-2-1-3-6-18/h1-13,22H,14-16H2,(H2,25,29)(H,26,28)/t22-/m1/s1. The number of nitro groups is 1. The van der Waals surface area contributed by atoms with Gasteiger partial charge in [-0.15, -0.1) is 0 Å². The summed E-state index contributed by atoms with van der Waals surface area (Å²) in [6.07, 6.45) is 0.118. The third-order valence-corrected chi connectivity index (χ3v) is 4.78. The first-order chi connectivity index (χ1) is 15.4. The SMILES string of the molecule is NC(=O)[C@@H](Cc1ccc(OCc2ccccc2)cc1)NC(=O)Cc1cccc([N+](=O)[O-])c1. The Balaban J connectivity index is 1.56. The van der Waals surface area contributed by atoms with Crippen LogP contribution in [0.1, 0.15) is 16.7 Å². The Morgan fingerprint density at radius 1 is 0.938 bits per heavy atom. The lowest BCUT2D eigenvalue weighted by atomic mass is 10.0. The number of ether oxygens (including phenoxy) is 1. The van der Waals surface area contributed by atoms with Crippen LogP contribution in [0.5, 0.6) is 5.75 Å². The molecule has 0 fully saturated rings. The molecule has 8 nitrogen and oxygen atoms in total. The van der Waals surface area contributed by atoms with Crippen molar-refractivity contribution in [2.24, 2.45) is 5.73 Å². The Bertz CT molecular complexity index is 1080. The van der Waals surface area contributed by atoms with Crippen LogP contribution in [0.25, 0.3) is 0 Å². The minimum absolute atomic E-state index is 0.0995. The number of carbonyl (C=O) groups excluding carboxylic acids is 2. The van der Waals surface area contributed by atoms with Crippen LogP contribution in [0, 0.1) is 10.1 Å². The number of primary amides is 1. The normalized spacial score (nSPS) is 11.4. The summed E-state index contributed by atoms with van der Waals surface area (Å²) in [6, 6.07) is 21.9. The number of amides is 2. The molecule has 0 saturated heterocycles. The summed E-state index contributed by atoms with van der Waals surface area (Å²) in [5.74, 6) is -0.429. The molecule has 3 rings (SSSR count). The van der Waals surface area contributed by atoms with Crippen molar-refractivity contribution in [2.75, 3.05) is 0 Å². The highest BCUT2D eigenvalue weighted by Crippen LogP contribution is 2.16. The van der Waals surface area contributed by atoms with Crippen LogP contribution < -0.4 is 15.8 Å². The molecule has 0 radical (unpaired) electrons. The smallest absolute Gasteiger partial charge is 0.269 e. The van der Waals surface area contributed by atoms with Gasteiger partial charge >= 0.3 is 0 Å². The largest absolute Gasteiger partial charge is 0.489 e. The van der Waals surface area contributed by atoms with E-state index in [4.69, 9.17) is 10.5 Å². The van der Waals surface area contributed by atoms with E-state index in [0.29, 0.717) is 17.9 Å². The molecule has 3 aromatic rings. The van der Waals surface area contributed by atoms with Gasteiger partial charge in [0.15, 0.2) is 0 Å². The lowest BCUT2D eigenvalue weighted by Crippen LogP contribution is -2.46. The van der Waals surface area contributed by atoms with Gasteiger partial charge in [-0.05, 0) is 28.8 Å². The number of non-ortho nitro benzene ring substituents is 1. The number of nitrogens with one attached hydrogen (secondary N) is 1. The van der Waals surface area contributed by atoms with Gasteiger partial charge < -0.3 is 15.8 Å². The number of carbonyl (C=O) groups is 2. The maximum atomic E-state index is 12.4. The van der Waals surface area contributed by atoms with Crippen LogP contribution in [-0.4, -0.2) is 22.8 Å². The van der Waals surface area contributed by atoms with E-state index in [-0.39, 0.29) is 18.5 Å². The molecule has 0 saturated carbocycles. The molecule has 0 aromatic heterocycles. The molecule has 8 heteroatoms. The molecule has 0 aliphatic heterocycles. The zero-order valence-electron chi connectivity index (χ0n) is 17.3. The zero-order chi connectivity index (χ0) is 22.9. The minimum Gasteiger partial charge on any atom is -0.489 e. The number of hydrogen-bond donors (Lipinski definition) is 2. The molecule has 32 heavy (non-hydrogen) atoms. The maximum absolute atomic E-state index is 12.4. The second-order valence-corrected chi connectivity index (χ2v) is 7.25. The van der Waals surface area contributed by atoms with Crippen LogP contribution in [0.4, 0.5) is 5.69 Å². The van der Waals surface area contributed by atoms with Gasteiger partial charge in [-0.2, -0.15) is 0 Å². The van der Waals surface area contributed by atoms with E-state index in [1.165, 1.54) is 18.2 Å². The average Bonchev–Trinajstić information content (AvgIpc) is 2.79. The van der Waals surface area contributed by atoms with Crippen molar-refractivity contribution in [2.45, 2.75) is 25.5 Å². The van der Waals surface area contributed by atoms with Gasteiger partial charge in [-0.1, -0.05) is 54.6 Å². The molecule has 0 aliphatic carbocycles. The van der Waals surface area contributed by atoms with Gasteiger partial charge in [0.2, 0.25) is 11.8 Å². The Hall–Kier alpha value is -4.20. The van der Waals surface area contributed by atoms with Crippen molar-refractivity contribution < 1.29 is 19.2 Å². The summed E-state index contributed by atoms with van der Waals surface area (Å²) < 4.78 is 5.75. The van der Waals surface area contributed by atoms with Crippen molar-refractivity contribution in [3.8, 4) is 5.75 Å². The highest BCUT2D eigenvalue weighted by molar-refractivity contribution is 5.87. The van der Waals surface area contributed by atoms with Gasteiger partial charge in [-0.3, -0.25) is 19.7 Å². The third kappa shape index (κ3) is 6.66. The molecule has 0 unspecified atom stereocenters. The molecule has 3 N–H and O–H groups in total. The first-order valence-corrected chi connectivity index (χ1v) is 9.98. The predicted molar refractivity (Wildman–Crippen MR) is 119 cm³/mol. The summed E-state index contributed by atoms with van der Waals surface area (Å²) in [5.41, 5.74) is 7.69. The van der Waals surface area contributed by atoms with Crippen LogP contribution in [0.15, 0.2) is 78.9 Å². The van der Waals surface area contributed by atoms with Gasteiger partial charge in [0.05, 0.1) is 11.3 Å². The van der Waals surface area contributed by atoms with Gasteiger partial charge in [0, 0.05) is 18.6 Å². The summed E-state index contributed by atoms with van der Waals surface area (Å²) >= 11 is 0.